The van der Waals surface area contributed by atoms with E-state index in [9.17, 15) is 82.4 Å². The van der Waals surface area contributed by atoms with Gasteiger partial charge in [-0.3, -0.25) is 67.3 Å². The number of guanidine groups is 1. The number of nitrogens with one attached hydrogen (secondary N) is 12. The monoisotopic (exact) mass is 1370 g/mol. The van der Waals surface area contributed by atoms with E-state index in [0.29, 0.717) is 23.3 Å². The van der Waals surface area contributed by atoms with Gasteiger partial charge >= 0.3 is 11.9 Å². The quantitative estimate of drug-likeness (QED) is 0.0168. The maximum Gasteiger partial charge on any atom is 0.326 e. The average Bonchev–Trinajstić information content (AvgIpc) is 0.942. The predicted molar refractivity (Wildman–Crippen MR) is 353 cm³/mol. The normalized spacial score (nSPS) is 13.4. The summed E-state index contributed by atoms with van der Waals surface area (Å²) < 4.78 is 0. The highest BCUT2D eigenvalue weighted by Gasteiger charge is 2.35. The van der Waals surface area contributed by atoms with E-state index in [1.165, 1.54) is 36.0 Å². The van der Waals surface area contributed by atoms with Gasteiger partial charge in [-0.2, -0.15) is 11.8 Å². The van der Waals surface area contributed by atoms with Crippen LogP contribution in [0, 0.1) is 11.8 Å². The molecule has 2 aromatic carbocycles. The zero-order valence-corrected chi connectivity index (χ0v) is 55.4. The summed E-state index contributed by atoms with van der Waals surface area (Å²) in [6.45, 7) is 3.64. The fraction of sp³-hybridized carbons (Fsp3) is 0.557. The molecule has 35 heteroatoms. The van der Waals surface area contributed by atoms with Gasteiger partial charge in [0.1, 0.15) is 54.1 Å². The van der Waals surface area contributed by atoms with Crippen LogP contribution in [-0.4, -0.2) is 210 Å². The van der Waals surface area contributed by atoms with Gasteiger partial charge in [0.25, 0.3) is 0 Å². The maximum atomic E-state index is 14.4. The number of carboxylic acids is 2. The van der Waals surface area contributed by atoms with E-state index in [4.69, 9.17) is 22.9 Å². The lowest BCUT2D eigenvalue weighted by Crippen LogP contribution is -2.59. The predicted octanol–water partition coefficient (Wildman–Crippen LogP) is -4.93. The number of phenolic OH excluding ortho intramolecular Hbond substituents is 1. The number of aliphatic carboxylic acids is 2. The van der Waals surface area contributed by atoms with Crippen LogP contribution >= 0.6 is 11.8 Å². The Bertz CT molecular complexity index is 2960. The second-order valence-corrected chi connectivity index (χ2v) is 24.0. The summed E-state index contributed by atoms with van der Waals surface area (Å²) in [7, 11) is 0. The van der Waals surface area contributed by atoms with Crippen LogP contribution in [0.3, 0.4) is 0 Å². The Kier molecular flexibility index (Phi) is 38.5. The van der Waals surface area contributed by atoms with Gasteiger partial charge in [-0.05, 0) is 105 Å². The number of aliphatic imine (C=N–C) groups is 1. The molecule has 34 nitrogen and oxygen atoms in total. The van der Waals surface area contributed by atoms with Crippen LogP contribution < -0.4 is 86.7 Å². The molecule has 8 unspecified atom stereocenters. The van der Waals surface area contributed by atoms with E-state index in [-0.39, 0.29) is 82.1 Å². The summed E-state index contributed by atoms with van der Waals surface area (Å²) in [5.74, 6) is -13.7. The molecular formula is C61H95N17O17S. The molecule has 0 bridgehead atoms. The van der Waals surface area contributed by atoms with Gasteiger partial charge in [0.2, 0.25) is 70.9 Å². The lowest BCUT2D eigenvalue weighted by atomic mass is 9.99. The summed E-state index contributed by atoms with van der Waals surface area (Å²) in [4.78, 5) is 189. The summed E-state index contributed by atoms with van der Waals surface area (Å²) in [5.41, 5.74) is 23.2. The number of carbonyl (C=O) groups excluding carboxylic acids is 12. The average molecular weight is 1370 g/mol. The van der Waals surface area contributed by atoms with Crippen LogP contribution in [0.5, 0.6) is 5.75 Å². The fourth-order valence-corrected chi connectivity index (χ4v) is 9.55. The van der Waals surface area contributed by atoms with Gasteiger partial charge in [0, 0.05) is 25.8 Å². The third-order valence-corrected chi connectivity index (χ3v) is 14.8. The highest BCUT2D eigenvalue weighted by molar-refractivity contribution is 7.98. The molecule has 0 heterocycles. The zero-order valence-electron chi connectivity index (χ0n) is 54.6. The van der Waals surface area contributed by atoms with Crippen molar-refractivity contribution in [1.82, 2.24) is 63.8 Å². The number of hydrogen-bond donors (Lipinski definition) is 19. The summed E-state index contributed by atoms with van der Waals surface area (Å²) in [6.07, 6.45) is 1.25. The van der Waals surface area contributed by atoms with Crippen molar-refractivity contribution >= 4 is 101 Å². The fourth-order valence-electron chi connectivity index (χ4n) is 9.08. The molecule has 8 atom stereocenters. The van der Waals surface area contributed by atoms with Crippen molar-refractivity contribution in [2.45, 2.75) is 147 Å². The minimum atomic E-state index is -1.48. The molecule has 2 aromatic rings. The molecular weight excluding hydrogens is 1270 g/mol. The second-order valence-electron chi connectivity index (χ2n) is 23.0. The van der Waals surface area contributed by atoms with E-state index in [0.717, 1.165) is 0 Å². The maximum absolute atomic E-state index is 14.4. The van der Waals surface area contributed by atoms with Crippen LogP contribution in [-0.2, 0) is 80.0 Å². The number of thioether (sulfide) groups is 1. The van der Waals surface area contributed by atoms with Crippen LogP contribution in [0.25, 0.3) is 0 Å². The van der Waals surface area contributed by atoms with Crippen molar-refractivity contribution in [2.24, 2.45) is 39.8 Å². The first kappa shape index (κ1) is 82.5. The number of carbonyl (C=O) groups is 14. The van der Waals surface area contributed by atoms with Crippen molar-refractivity contribution in [3.8, 4) is 5.75 Å². The van der Waals surface area contributed by atoms with Crippen molar-refractivity contribution < 1.29 is 82.4 Å². The smallest absolute Gasteiger partial charge is 0.326 e. The van der Waals surface area contributed by atoms with Crippen molar-refractivity contribution in [2.75, 3.05) is 57.8 Å². The van der Waals surface area contributed by atoms with Crippen LogP contribution in [0.2, 0.25) is 0 Å². The molecule has 0 aliphatic rings. The SMILES string of the molecule is CSCCC(NC(=O)C(Cc1ccccc1)NC(=O)CNC(=O)CNC(=O)C(Cc1ccc(O)cc1)NC(=O)C(CCCN=C(N)N)NC(=O)C(CCCCN)NC(=O)CNC(=O)C(CC(C)C)NC(=O)C(NC(=O)C(CCC(=O)O)NC(=O)CNC(=O)CN)C(C)C)C(=O)O. The van der Waals surface area contributed by atoms with Crippen molar-refractivity contribution in [3.05, 3.63) is 65.7 Å². The summed E-state index contributed by atoms with van der Waals surface area (Å²) in [6, 6.07) is 3.24. The zero-order chi connectivity index (χ0) is 71.9. The first-order chi connectivity index (χ1) is 45.5. The molecule has 0 aromatic heterocycles. The van der Waals surface area contributed by atoms with Gasteiger partial charge in [0.05, 0.1) is 32.7 Å². The van der Waals surface area contributed by atoms with Gasteiger partial charge in [0.15, 0.2) is 5.96 Å². The third kappa shape index (κ3) is 34.0. The standard InChI is InChI=1S/C61H95N17O17S/c1-34(2)26-43(77-59(93)52(35(3)4)78-57(91)41(20-21-51(85)86)72-48(82)31-67-46(80)29-63)53(87)70-33-50(84)71-39(14-9-10-23-62)55(89)74-40(15-11-24-66-61(64)65)56(90)76-44(28-37-16-18-38(79)19-17-37)54(88)69-30-47(81)68-32-49(83)73-45(27-36-12-7-6-8-13-36)58(92)75-42(60(94)95)22-25-96-5/h6-8,12-13,16-19,34-35,39-45,52,79H,9-11,14-15,20-33,62-63H2,1-5H3,(H,67,80)(H,68,81)(H,69,88)(H,70,87)(H,71,84)(H,72,82)(H,73,83)(H,74,89)(H,75,92)(H,76,90)(H,77,93)(H,78,91)(H,85,86)(H,94,95)(H4,64,65,66). The van der Waals surface area contributed by atoms with Crippen LogP contribution in [0.4, 0.5) is 0 Å². The molecule has 0 radical (unpaired) electrons. The number of aromatic hydroxyl groups is 1. The second kappa shape index (κ2) is 44.9. The summed E-state index contributed by atoms with van der Waals surface area (Å²) >= 11 is 1.38. The van der Waals surface area contributed by atoms with E-state index < -0.39 is 183 Å². The van der Waals surface area contributed by atoms with Crippen LogP contribution in [0.15, 0.2) is 59.6 Å². The number of hydrogen-bond acceptors (Lipinski definition) is 19. The number of benzene rings is 2. The van der Waals surface area contributed by atoms with E-state index in [1.807, 2.05) is 0 Å². The number of phenols is 1. The lowest BCUT2D eigenvalue weighted by Gasteiger charge is -2.28. The van der Waals surface area contributed by atoms with Gasteiger partial charge in [-0.15, -0.1) is 0 Å². The number of nitrogens with zero attached hydrogens (tertiary/aromatic N) is 1. The largest absolute Gasteiger partial charge is 0.508 e. The molecule has 532 valence electrons. The Hall–Kier alpha value is -9.64. The molecule has 96 heavy (non-hydrogen) atoms. The van der Waals surface area contributed by atoms with Gasteiger partial charge in [-0.1, -0.05) is 70.2 Å². The third-order valence-electron chi connectivity index (χ3n) is 14.2. The number of rotatable bonds is 46. The topological polar surface area (TPSA) is 560 Å². The molecule has 0 fully saturated rings. The Labute approximate surface area is 560 Å². The van der Waals surface area contributed by atoms with Gasteiger partial charge in [-0.25, -0.2) is 4.79 Å². The van der Waals surface area contributed by atoms with Crippen molar-refractivity contribution in [1.29, 1.82) is 0 Å². The minimum absolute atomic E-state index is 0.0212. The number of carboxylic acid groups (broad SMARTS) is 2. The molecule has 0 saturated carbocycles. The Balaban J connectivity index is 2.33. The van der Waals surface area contributed by atoms with E-state index >= 15 is 0 Å². The molecule has 2 rings (SSSR count). The lowest BCUT2D eigenvalue weighted by molar-refractivity contribution is -0.142. The molecule has 23 N–H and O–H groups in total. The summed E-state index contributed by atoms with van der Waals surface area (Å²) in [5, 5.41) is 58.7. The molecule has 0 aliphatic heterocycles. The van der Waals surface area contributed by atoms with Gasteiger partial charge < -0.3 is 102 Å². The van der Waals surface area contributed by atoms with Crippen LogP contribution in [0.1, 0.15) is 96.6 Å². The molecule has 0 spiro atoms. The Morgan fingerprint density at radius 1 is 0.479 bits per heavy atom. The first-order valence-electron chi connectivity index (χ1n) is 31.2. The highest BCUT2D eigenvalue weighted by atomic mass is 32.2. The number of unbranched alkanes of at least 4 members (excludes halogenated alkanes) is 1. The number of nitrogens with two attached hydrogens (primary N) is 4. The highest BCUT2D eigenvalue weighted by Crippen LogP contribution is 2.14. The van der Waals surface area contributed by atoms with E-state index in [2.05, 4.69) is 68.8 Å². The molecule has 12 amide bonds. The Morgan fingerprint density at radius 2 is 0.938 bits per heavy atom. The van der Waals surface area contributed by atoms with Crippen molar-refractivity contribution in [3.63, 3.8) is 0 Å². The molecule has 0 aliphatic carbocycles. The number of amides is 12. The minimum Gasteiger partial charge on any atom is -0.508 e. The molecule has 0 saturated heterocycles. The first-order valence-corrected chi connectivity index (χ1v) is 32.6. The van der Waals surface area contributed by atoms with E-state index in [1.54, 1.807) is 64.3 Å². The Morgan fingerprint density at radius 3 is 1.47 bits per heavy atom.